The topological polar surface area (TPSA) is 39.1 Å². The Morgan fingerprint density at radius 1 is 1.33 bits per heavy atom. The molecule has 1 N–H and O–H groups in total. The highest BCUT2D eigenvalue weighted by Crippen LogP contribution is 2.19. The second-order valence-corrected chi connectivity index (χ2v) is 5.60. The first-order valence-electron chi connectivity index (χ1n) is 7.14. The molecule has 114 valence electrons. The molecule has 0 saturated carbocycles. The molecule has 2 rings (SSSR count). The number of hydrogen-bond acceptors (Lipinski definition) is 3. The van der Waals surface area contributed by atoms with Crippen LogP contribution in [-0.4, -0.2) is 16.3 Å². The number of nitrogens with one attached hydrogen (secondary N) is 1. The van der Waals surface area contributed by atoms with Crippen LogP contribution in [0.2, 0.25) is 0 Å². The molecule has 0 bridgehead atoms. The number of rotatable bonds is 7. The van der Waals surface area contributed by atoms with Crippen LogP contribution in [0.1, 0.15) is 25.0 Å². The Morgan fingerprint density at radius 2 is 2.14 bits per heavy atom. The third-order valence-corrected chi connectivity index (χ3v) is 3.03. The van der Waals surface area contributed by atoms with E-state index in [-0.39, 0.29) is 11.6 Å². The molecule has 0 amide bonds. The first kappa shape index (κ1) is 15.5. The highest BCUT2D eigenvalue weighted by atomic mass is 19.1. The number of ether oxygens (including phenoxy) is 1. The molecule has 21 heavy (non-hydrogen) atoms. The minimum Gasteiger partial charge on any atom is -0.486 e. The van der Waals surface area contributed by atoms with Gasteiger partial charge >= 0.3 is 0 Å². The van der Waals surface area contributed by atoms with Gasteiger partial charge in [0, 0.05) is 25.4 Å². The summed E-state index contributed by atoms with van der Waals surface area (Å²) in [4.78, 5) is 0. The molecular formula is C16H22FN3O. The van der Waals surface area contributed by atoms with Crippen molar-refractivity contribution >= 4 is 0 Å². The molecule has 2 aromatic rings. The van der Waals surface area contributed by atoms with Crippen molar-refractivity contribution in [2.45, 2.75) is 27.0 Å². The SMILES string of the molecule is CC(C)CNCc1ccc(OCc2cnn(C)c2)c(F)c1. The van der Waals surface area contributed by atoms with E-state index in [0.717, 1.165) is 17.7 Å². The van der Waals surface area contributed by atoms with Gasteiger partial charge in [0.25, 0.3) is 0 Å². The fourth-order valence-corrected chi connectivity index (χ4v) is 1.98. The van der Waals surface area contributed by atoms with E-state index >= 15 is 0 Å². The summed E-state index contributed by atoms with van der Waals surface area (Å²) in [5, 5.41) is 7.34. The largest absolute Gasteiger partial charge is 0.486 e. The molecule has 4 nitrogen and oxygen atoms in total. The Kier molecular flexibility index (Phi) is 5.33. The first-order chi connectivity index (χ1) is 10.0. The molecule has 1 heterocycles. The van der Waals surface area contributed by atoms with Crippen molar-refractivity contribution in [3.05, 3.63) is 47.5 Å². The minimum atomic E-state index is -0.331. The van der Waals surface area contributed by atoms with Crippen LogP contribution in [0.5, 0.6) is 5.75 Å². The van der Waals surface area contributed by atoms with Crippen molar-refractivity contribution in [2.75, 3.05) is 6.54 Å². The standard InChI is InChI=1S/C16H22FN3O/c1-12(2)7-18-8-13-4-5-16(15(17)6-13)21-11-14-9-19-20(3)10-14/h4-6,9-10,12,18H,7-8,11H2,1-3H3. The van der Waals surface area contributed by atoms with Gasteiger partial charge in [-0.1, -0.05) is 19.9 Å². The van der Waals surface area contributed by atoms with Crippen molar-refractivity contribution in [3.8, 4) is 5.75 Å². The molecule has 0 radical (unpaired) electrons. The molecule has 0 aliphatic rings. The van der Waals surface area contributed by atoms with Crippen LogP contribution in [0.25, 0.3) is 0 Å². The number of aromatic nitrogens is 2. The van der Waals surface area contributed by atoms with E-state index < -0.39 is 0 Å². The van der Waals surface area contributed by atoms with Gasteiger partial charge in [-0.25, -0.2) is 4.39 Å². The lowest BCUT2D eigenvalue weighted by molar-refractivity contribution is 0.290. The fourth-order valence-electron chi connectivity index (χ4n) is 1.98. The zero-order valence-corrected chi connectivity index (χ0v) is 12.8. The second-order valence-electron chi connectivity index (χ2n) is 5.60. The Hall–Kier alpha value is -1.88. The normalized spacial score (nSPS) is 11.1. The van der Waals surface area contributed by atoms with Crippen LogP contribution in [0.15, 0.2) is 30.6 Å². The van der Waals surface area contributed by atoms with Crippen molar-refractivity contribution in [1.29, 1.82) is 0 Å². The van der Waals surface area contributed by atoms with E-state index in [1.807, 2.05) is 19.3 Å². The van der Waals surface area contributed by atoms with Crippen LogP contribution >= 0.6 is 0 Å². The molecule has 5 heteroatoms. The van der Waals surface area contributed by atoms with Crippen LogP contribution in [0.3, 0.4) is 0 Å². The highest BCUT2D eigenvalue weighted by Gasteiger charge is 2.06. The molecule has 0 saturated heterocycles. The maximum atomic E-state index is 14.0. The molecule has 0 aliphatic heterocycles. The summed E-state index contributed by atoms with van der Waals surface area (Å²) < 4.78 is 21.1. The van der Waals surface area contributed by atoms with Crippen molar-refractivity contribution in [3.63, 3.8) is 0 Å². The van der Waals surface area contributed by atoms with Gasteiger partial charge < -0.3 is 10.1 Å². The Bertz CT molecular complexity index is 581. The van der Waals surface area contributed by atoms with Gasteiger partial charge in [0.15, 0.2) is 11.6 Å². The molecule has 0 unspecified atom stereocenters. The zero-order chi connectivity index (χ0) is 15.2. The van der Waals surface area contributed by atoms with Gasteiger partial charge in [-0.3, -0.25) is 4.68 Å². The van der Waals surface area contributed by atoms with Gasteiger partial charge in [0.05, 0.1) is 6.20 Å². The fraction of sp³-hybridized carbons (Fsp3) is 0.438. The second kappa shape index (κ2) is 7.22. The van der Waals surface area contributed by atoms with Gasteiger partial charge in [0.1, 0.15) is 6.61 Å². The molecule has 0 atom stereocenters. The quantitative estimate of drug-likeness (QED) is 0.852. The predicted molar refractivity (Wildman–Crippen MR) is 80.5 cm³/mol. The molecule has 1 aromatic carbocycles. The molecule has 0 fully saturated rings. The van der Waals surface area contributed by atoms with Crippen molar-refractivity contribution in [2.24, 2.45) is 13.0 Å². The average molecular weight is 291 g/mol. The average Bonchev–Trinajstić information content (AvgIpc) is 2.83. The molecule has 0 aliphatic carbocycles. The molecule has 0 spiro atoms. The highest BCUT2D eigenvalue weighted by molar-refractivity contribution is 5.29. The number of benzene rings is 1. The zero-order valence-electron chi connectivity index (χ0n) is 12.8. The summed E-state index contributed by atoms with van der Waals surface area (Å²) in [6.45, 7) is 6.18. The minimum absolute atomic E-state index is 0.270. The summed E-state index contributed by atoms with van der Waals surface area (Å²) in [5.74, 6) is 0.520. The molecular weight excluding hydrogens is 269 g/mol. The Morgan fingerprint density at radius 3 is 2.76 bits per heavy atom. The Labute approximate surface area is 124 Å². The Balaban J connectivity index is 1.89. The lowest BCUT2D eigenvalue weighted by Gasteiger charge is -2.10. The van der Waals surface area contributed by atoms with Crippen LogP contribution in [0, 0.1) is 11.7 Å². The summed E-state index contributed by atoms with van der Waals surface area (Å²) >= 11 is 0. The number of hydrogen-bond donors (Lipinski definition) is 1. The molecule has 1 aromatic heterocycles. The van der Waals surface area contributed by atoms with E-state index in [9.17, 15) is 4.39 Å². The smallest absolute Gasteiger partial charge is 0.165 e. The van der Waals surface area contributed by atoms with Crippen LogP contribution in [0.4, 0.5) is 4.39 Å². The monoisotopic (exact) mass is 291 g/mol. The number of nitrogens with zero attached hydrogens (tertiary/aromatic N) is 2. The summed E-state index contributed by atoms with van der Waals surface area (Å²) in [6.07, 6.45) is 3.56. The lowest BCUT2D eigenvalue weighted by atomic mass is 10.2. The van der Waals surface area contributed by atoms with E-state index in [0.29, 0.717) is 19.1 Å². The summed E-state index contributed by atoms with van der Waals surface area (Å²) in [7, 11) is 1.84. The van der Waals surface area contributed by atoms with Crippen molar-refractivity contribution < 1.29 is 9.13 Å². The van der Waals surface area contributed by atoms with E-state index in [1.54, 1.807) is 16.9 Å². The lowest BCUT2D eigenvalue weighted by Crippen LogP contribution is -2.19. The van der Waals surface area contributed by atoms with Crippen LogP contribution in [-0.2, 0) is 20.2 Å². The predicted octanol–water partition coefficient (Wildman–Crippen LogP) is 2.88. The third-order valence-electron chi connectivity index (χ3n) is 3.03. The third kappa shape index (κ3) is 4.86. The van der Waals surface area contributed by atoms with Gasteiger partial charge in [-0.15, -0.1) is 0 Å². The summed E-state index contributed by atoms with van der Waals surface area (Å²) in [5.41, 5.74) is 1.83. The van der Waals surface area contributed by atoms with Gasteiger partial charge in [-0.2, -0.15) is 5.10 Å². The number of halogens is 1. The summed E-state index contributed by atoms with van der Waals surface area (Å²) in [6, 6.07) is 5.08. The van der Waals surface area contributed by atoms with E-state index in [4.69, 9.17) is 4.74 Å². The van der Waals surface area contributed by atoms with E-state index in [2.05, 4.69) is 24.3 Å². The number of aryl methyl sites for hydroxylation is 1. The van der Waals surface area contributed by atoms with Crippen molar-refractivity contribution in [1.82, 2.24) is 15.1 Å². The van der Waals surface area contributed by atoms with Crippen LogP contribution < -0.4 is 10.1 Å². The maximum absolute atomic E-state index is 14.0. The van der Waals surface area contributed by atoms with Gasteiger partial charge in [0.2, 0.25) is 0 Å². The maximum Gasteiger partial charge on any atom is 0.165 e. The first-order valence-corrected chi connectivity index (χ1v) is 7.14. The van der Waals surface area contributed by atoms with E-state index in [1.165, 1.54) is 6.07 Å². The van der Waals surface area contributed by atoms with Gasteiger partial charge in [-0.05, 0) is 30.2 Å².